The third kappa shape index (κ3) is 6.04. The van der Waals surface area contributed by atoms with Crippen LogP contribution in [0.15, 0.2) is 66.7 Å². The normalized spacial score (nSPS) is 12.6. The van der Waals surface area contributed by atoms with Crippen LogP contribution in [0.5, 0.6) is 5.75 Å². The van der Waals surface area contributed by atoms with E-state index in [0.29, 0.717) is 12.1 Å². The molecule has 4 rings (SSSR count). The summed E-state index contributed by atoms with van der Waals surface area (Å²) in [6.07, 6.45) is 1.33. The maximum absolute atomic E-state index is 12.6. The van der Waals surface area contributed by atoms with Crippen LogP contribution in [0.25, 0.3) is 11.1 Å². The molecule has 5 nitrogen and oxygen atoms in total. The summed E-state index contributed by atoms with van der Waals surface area (Å²) in [6.45, 7) is 6.59. The van der Waals surface area contributed by atoms with Gasteiger partial charge in [0.1, 0.15) is 11.6 Å². The molecule has 0 saturated carbocycles. The summed E-state index contributed by atoms with van der Waals surface area (Å²) < 4.78 is 11.0. The first kappa shape index (κ1) is 24.8. The van der Waals surface area contributed by atoms with Crippen molar-refractivity contribution in [3.8, 4) is 16.9 Å². The molecule has 0 spiro atoms. The van der Waals surface area contributed by atoms with Crippen molar-refractivity contribution in [3.63, 3.8) is 0 Å². The van der Waals surface area contributed by atoms with Crippen LogP contribution in [-0.2, 0) is 9.53 Å². The van der Waals surface area contributed by atoms with Crippen molar-refractivity contribution in [1.29, 1.82) is 0 Å². The predicted octanol–water partition coefficient (Wildman–Crippen LogP) is 7.82. The molecule has 0 bridgehead atoms. The molecule has 0 aromatic heterocycles. The molecule has 0 saturated heterocycles. The van der Waals surface area contributed by atoms with Crippen LogP contribution in [0.1, 0.15) is 57.1 Å². The number of halogens is 1. The van der Waals surface area contributed by atoms with E-state index in [2.05, 4.69) is 50.4 Å². The first-order valence-corrected chi connectivity index (χ1v) is 12.2. The number of rotatable bonds is 7. The summed E-state index contributed by atoms with van der Waals surface area (Å²) in [5.74, 6) is -0.178. The molecule has 0 heterocycles. The van der Waals surface area contributed by atoms with Crippen LogP contribution < -0.4 is 10.1 Å². The molecule has 35 heavy (non-hydrogen) atoms. The van der Waals surface area contributed by atoms with Crippen LogP contribution in [0.2, 0.25) is 5.02 Å². The highest BCUT2D eigenvalue weighted by Gasteiger charge is 2.29. The number of esters is 1. The summed E-state index contributed by atoms with van der Waals surface area (Å²) in [5, 5.41) is 2.83. The molecule has 0 aliphatic heterocycles. The Morgan fingerprint density at radius 2 is 1.54 bits per heavy atom. The van der Waals surface area contributed by atoms with Crippen molar-refractivity contribution in [1.82, 2.24) is 0 Å². The lowest BCUT2D eigenvalue weighted by molar-refractivity contribution is -0.134. The fraction of sp³-hybridized carbons (Fsp3) is 0.310. The standard InChI is InChI=1S/C29H30ClNO4/c1-29(2,3)17-9-16-26(32)35-25-15-8-14-24(27(25)30)31-28(33)34-18-23-21-12-6-4-10-19(21)20-11-5-7-13-22(20)23/h4-8,10-15,23H,9,16-18H2,1-3H3,(H,31,33). The topological polar surface area (TPSA) is 64.6 Å². The number of fused-ring (bicyclic) bond motifs is 3. The van der Waals surface area contributed by atoms with Gasteiger partial charge in [0, 0.05) is 12.3 Å². The van der Waals surface area contributed by atoms with Gasteiger partial charge in [-0.05, 0) is 52.6 Å². The molecule has 0 fully saturated rings. The third-order valence-electron chi connectivity index (χ3n) is 6.08. The number of ether oxygens (including phenoxy) is 2. The number of carbonyl (C=O) groups is 2. The number of hydrogen-bond donors (Lipinski definition) is 1. The van der Waals surface area contributed by atoms with Gasteiger partial charge in [0.15, 0.2) is 5.75 Å². The molecule has 1 amide bonds. The van der Waals surface area contributed by atoms with E-state index in [-0.39, 0.29) is 34.7 Å². The van der Waals surface area contributed by atoms with Crippen LogP contribution in [0, 0.1) is 5.41 Å². The predicted molar refractivity (Wildman–Crippen MR) is 139 cm³/mol. The minimum atomic E-state index is -0.623. The lowest BCUT2D eigenvalue weighted by atomic mass is 9.90. The van der Waals surface area contributed by atoms with Crippen LogP contribution in [0.4, 0.5) is 10.5 Å². The van der Waals surface area contributed by atoms with E-state index >= 15 is 0 Å². The van der Waals surface area contributed by atoms with Crippen LogP contribution >= 0.6 is 11.6 Å². The molecule has 1 aliphatic rings. The van der Waals surface area contributed by atoms with E-state index in [0.717, 1.165) is 35.1 Å². The van der Waals surface area contributed by atoms with Crippen molar-refractivity contribution in [2.24, 2.45) is 5.41 Å². The summed E-state index contributed by atoms with van der Waals surface area (Å²) >= 11 is 6.42. The maximum atomic E-state index is 12.6. The van der Waals surface area contributed by atoms with Crippen LogP contribution in [0.3, 0.4) is 0 Å². The first-order chi connectivity index (χ1) is 16.7. The number of carbonyl (C=O) groups excluding carboxylic acids is 2. The number of amides is 1. The zero-order chi connectivity index (χ0) is 25.0. The first-order valence-electron chi connectivity index (χ1n) is 11.8. The Morgan fingerprint density at radius 3 is 2.17 bits per heavy atom. The van der Waals surface area contributed by atoms with E-state index in [4.69, 9.17) is 21.1 Å². The Bertz CT molecular complexity index is 1190. The maximum Gasteiger partial charge on any atom is 0.411 e. The average Bonchev–Trinajstić information content (AvgIpc) is 3.13. The Kier molecular flexibility index (Phi) is 7.46. The molecule has 0 atom stereocenters. The van der Waals surface area contributed by atoms with E-state index in [1.54, 1.807) is 18.2 Å². The summed E-state index contributed by atoms with van der Waals surface area (Å²) in [4.78, 5) is 24.9. The molecule has 3 aromatic rings. The Morgan fingerprint density at radius 1 is 0.914 bits per heavy atom. The van der Waals surface area contributed by atoms with E-state index in [1.807, 2.05) is 24.3 Å². The molecule has 0 unspecified atom stereocenters. The zero-order valence-corrected chi connectivity index (χ0v) is 21.0. The number of benzene rings is 3. The molecule has 0 radical (unpaired) electrons. The lowest BCUT2D eigenvalue weighted by Gasteiger charge is -2.17. The summed E-state index contributed by atoms with van der Waals surface area (Å²) in [6, 6.07) is 21.2. The minimum absolute atomic E-state index is 0.0380. The van der Waals surface area contributed by atoms with Gasteiger partial charge in [0.25, 0.3) is 0 Å². The second-order valence-electron chi connectivity index (χ2n) is 9.96. The van der Waals surface area contributed by atoms with Gasteiger partial charge in [-0.2, -0.15) is 0 Å². The Labute approximate surface area is 211 Å². The molecular formula is C29H30ClNO4. The lowest BCUT2D eigenvalue weighted by Crippen LogP contribution is -2.18. The van der Waals surface area contributed by atoms with Crippen molar-refractivity contribution < 1.29 is 19.1 Å². The monoisotopic (exact) mass is 491 g/mol. The molecule has 1 N–H and O–H groups in total. The fourth-order valence-electron chi connectivity index (χ4n) is 4.37. The average molecular weight is 492 g/mol. The van der Waals surface area contributed by atoms with Gasteiger partial charge in [0.2, 0.25) is 0 Å². The molecule has 182 valence electrons. The minimum Gasteiger partial charge on any atom is -0.448 e. The molecule has 1 aliphatic carbocycles. The van der Waals surface area contributed by atoms with Crippen molar-refractivity contribution >= 4 is 29.4 Å². The number of hydrogen-bond acceptors (Lipinski definition) is 4. The zero-order valence-electron chi connectivity index (χ0n) is 20.3. The van der Waals surface area contributed by atoms with Gasteiger partial charge in [-0.3, -0.25) is 10.1 Å². The van der Waals surface area contributed by atoms with Gasteiger partial charge in [-0.15, -0.1) is 0 Å². The quantitative estimate of drug-likeness (QED) is 0.270. The molecule has 3 aromatic carbocycles. The highest BCUT2D eigenvalue weighted by Crippen LogP contribution is 2.44. The number of nitrogens with one attached hydrogen (secondary N) is 1. The van der Waals surface area contributed by atoms with Crippen molar-refractivity contribution in [2.75, 3.05) is 11.9 Å². The van der Waals surface area contributed by atoms with Crippen molar-refractivity contribution in [2.45, 2.75) is 46.0 Å². The SMILES string of the molecule is CC(C)(C)CCCC(=O)Oc1cccc(NC(=O)OCC2c3ccccc3-c3ccccc32)c1Cl. The summed E-state index contributed by atoms with van der Waals surface area (Å²) in [7, 11) is 0. The van der Waals surface area contributed by atoms with Gasteiger partial charge in [-0.1, -0.05) is 87.0 Å². The second kappa shape index (κ2) is 10.5. The Hall–Kier alpha value is -3.31. The second-order valence-corrected chi connectivity index (χ2v) is 10.3. The van der Waals surface area contributed by atoms with Gasteiger partial charge in [-0.25, -0.2) is 4.79 Å². The van der Waals surface area contributed by atoms with Crippen LogP contribution in [-0.4, -0.2) is 18.7 Å². The van der Waals surface area contributed by atoms with E-state index < -0.39 is 6.09 Å². The Balaban J connectivity index is 1.37. The van der Waals surface area contributed by atoms with Crippen molar-refractivity contribution in [3.05, 3.63) is 82.9 Å². The molecular weight excluding hydrogens is 462 g/mol. The fourth-order valence-corrected chi connectivity index (χ4v) is 4.58. The molecule has 6 heteroatoms. The highest BCUT2D eigenvalue weighted by atomic mass is 35.5. The van der Waals surface area contributed by atoms with E-state index in [9.17, 15) is 9.59 Å². The largest absolute Gasteiger partial charge is 0.448 e. The third-order valence-corrected chi connectivity index (χ3v) is 6.47. The van der Waals surface area contributed by atoms with E-state index in [1.165, 1.54) is 0 Å². The summed E-state index contributed by atoms with van der Waals surface area (Å²) in [5.41, 5.74) is 5.09. The van der Waals surface area contributed by atoms with Gasteiger partial charge >= 0.3 is 12.1 Å². The number of anilines is 1. The van der Waals surface area contributed by atoms with Gasteiger partial charge in [0.05, 0.1) is 5.69 Å². The van der Waals surface area contributed by atoms with Gasteiger partial charge < -0.3 is 9.47 Å². The highest BCUT2D eigenvalue weighted by molar-refractivity contribution is 6.35. The smallest absolute Gasteiger partial charge is 0.411 e.